The molecule has 0 fully saturated rings. The van der Waals surface area contributed by atoms with E-state index in [-0.39, 0.29) is 5.92 Å². The second kappa shape index (κ2) is 27.9. The average molecular weight is 790 g/mol. The Hall–Kier alpha value is -1.92. The number of alkyl carbamates (subject to hydrolysis) is 1. The molecule has 0 aliphatic heterocycles. The van der Waals surface area contributed by atoms with Gasteiger partial charge in [0.25, 0.3) is 0 Å². The van der Waals surface area contributed by atoms with Crippen molar-refractivity contribution in [2.75, 3.05) is 137 Å². The van der Waals surface area contributed by atoms with Crippen molar-refractivity contribution in [2.24, 2.45) is 0 Å². The monoisotopic (exact) mass is 789 g/mol. The first-order chi connectivity index (χ1) is 23.8. The fourth-order valence-electron chi connectivity index (χ4n) is 4.79. The summed E-state index contributed by atoms with van der Waals surface area (Å²) in [7, 11) is 0. The molecule has 3 rings (SSSR count). The van der Waals surface area contributed by atoms with Gasteiger partial charge in [-0.3, -0.25) is 0 Å². The van der Waals surface area contributed by atoms with Crippen molar-refractivity contribution in [2.45, 2.75) is 5.92 Å². The van der Waals surface area contributed by atoms with Crippen LogP contribution in [0, 0.1) is 0 Å². The zero-order valence-corrected chi connectivity index (χ0v) is 30.1. The van der Waals surface area contributed by atoms with Crippen LogP contribution in [-0.4, -0.2) is 143 Å². The maximum atomic E-state index is 12.2. The molecule has 0 bridgehead atoms. The minimum atomic E-state index is -0.449. The summed E-state index contributed by atoms with van der Waals surface area (Å²) < 4.78 is 55.7. The molecule has 1 aliphatic carbocycles. The van der Waals surface area contributed by atoms with Crippen LogP contribution in [-0.2, 0) is 47.4 Å². The molecule has 13 heteroatoms. The molecule has 1 N–H and O–H groups in total. The minimum absolute atomic E-state index is 0.0409. The van der Waals surface area contributed by atoms with Crippen LogP contribution in [0.5, 0.6) is 0 Å². The maximum absolute atomic E-state index is 12.2. The molecule has 270 valence electrons. The largest absolute Gasteiger partial charge is 0.449 e. The molecule has 0 heterocycles. The van der Waals surface area contributed by atoms with E-state index in [1.165, 1.54) is 22.3 Å². The second-order valence-corrected chi connectivity index (χ2v) is 11.5. The van der Waals surface area contributed by atoms with Gasteiger partial charge in [0.05, 0.1) is 119 Å². The number of amides is 1. The van der Waals surface area contributed by atoms with Crippen LogP contribution in [0.25, 0.3) is 11.1 Å². The number of benzene rings is 2. The number of alkyl halides is 1. The van der Waals surface area contributed by atoms with Crippen molar-refractivity contribution in [3.05, 3.63) is 59.7 Å². The van der Waals surface area contributed by atoms with Gasteiger partial charge in [-0.25, -0.2) is 4.79 Å². The van der Waals surface area contributed by atoms with Crippen LogP contribution in [0.15, 0.2) is 48.5 Å². The summed E-state index contributed by atoms with van der Waals surface area (Å²) in [6.07, 6.45) is -0.449. The average Bonchev–Trinajstić information content (AvgIpc) is 3.43. The van der Waals surface area contributed by atoms with Gasteiger partial charge in [0, 0.05) is 16.9 Å². The Kier molecular flexibility index (Phi) is 23.5. The van der Waals surface area contributed by atoms with Crippen LogP contribution < -0.4 is 5.32 Å². The van der Waals surface area contributed by atoms with Gasteiger partial charge in [-0.2, -0.15) is 0 Å². The number of nitrogens with one attached hydrogen (secondary N) is 1. The van der Waals surface area contributed by atoms with Crippen molar-refractivity contribution >= 4 is 28.7 Å². The lowest BCUT2D eigenvalue weighted by Gasteiger charge is -2.14. The summed E-state index contributed by atoms with van der Waals surface area (Å²) in [6, 6.07) is 16.5. The minimum Gasteiger partial charge on any atom is -0.449 e. The van der Waals surface area contributed by atoms with Crippen molar-refractivity contribution < 1.29 is 52.2 Å². The lowest BCUT2D eigenvalue weighted by molar-refractivity contribution is -0.0247. The van der Waals surface area contributed by atoms with E-state index in [9.17, 15) is 4.79 Å². The van der Waals surface area contributed by atoms with Crippen molar-refractivity contribution in [1.82, 2.24) is 5.32 Å². The third-order valence-corrected chi connectivity index (χ3v) is 7.50. The van der Waals surface area contributed by atoms with Gasteiger partial charge < -0.3 is 52.7 Å². The van der Waals surface area contributed by atoms with Gasteiger partial charge in [0.15, 0.2) is 0 Å². The van der Waals surface area contributed by atoms with Gasteiger partial charge in [0.2, 0.25) is 0 Å². The molecule has 0 saturated carbocycles. The Morgan fingerprint density at radius 3 is 1.21 bits per heavy atom. The predicted molar refractivity (Wildman–Crippen MR) is 189 cm³/mol. The normalized spacial score (nSPS) is 12.3. The number of rotatable bonds is 31. The lowest BCUT2D eigenvalue weighted by Crippen LogP contribution is -2.29. The first-order valence-electron chi connectivity index (χ1n) is 16.7. The van der Waals surface area contributed by atoms with E-state index in [1.807, 2.05) is 24.3 Å². The van der Waals surface area contributed by atoms with E-state index in [4.69, 9.17) is 47.4 Å². The first-order valence-corrected chi connectivity index (χ1v) is 18.2. The third kappa shape index (κ3) is 17.7. The van der Waals surface area contributed by atoms with Crippen LogP contribution in [0.1, 0.15) is 17.0 Å². The summed E-state index contributed by atoms with van der Waals surface area (Å²) in [4.78, 5) is 12.2. The predicted octanol–water partition coefficient (Wildman–Crippen LogP) is 4.11. The standard InChI is InChI=1S/C35H52INO11/c36-9-11-39-13-15-41-17-19-43-21-23-45-25-27-47-28-26-46-24-22-44-20-18-42-16-14-40-12-10-37-35(38)48-29-34-32-7-3-1-5-30(32)31-6-2-4-8-33(31)34/h1-8,34H,9-29H2,(H,37,38). The molecule has 0 aromatic heterocycles. The van der Waals surface area contributed by atoms with Gasteiger partial charge >= 0.3 is 6.09 Å². The van der Waals surface area contributed by atoms with Crippen LogP contribution in [0.2, 0.25) is 0 Å². The smallest absolute Gasteiger partial charge is 0.407 e. The molecule has 0 radical (unpaired) electrons. The molecular weight excluding hydrogens is 737 g/mol. The number of hydrogen-bond acceptors (Lipinski definition) is 11. The third-order valence-electron chi connectivity index (χ3n) is 7.06. The summed E-state index contributed by atoms with van der Waals surface area (Å²) in [5.74, 6) is 0.0409. The van der Waals surface area contributed by atoms with Gasteiger partial charge in [-0.15, -0.1) is 0 Å². The van der Waals surface area contributed by atoms with E-state index in [2.05, 4.69) is 52.2 Å². The molecule has 0 atom stereocenters. The molecule has 1 aliphatic rings. The number of ether oxygens (including phenoxy) is 10. The SMILES string of the molecule is O=C(NCCOCCOCCOCCOCCOCCOCCOCCOCCOCCI)OCC1c2ccccc2-c2ccccc21. The molecular formula is C35H52INO11. The summed E-state index contributed by atoms with van der Waals surface area (Å²) in [5, 5.41) is 2.74. The van der Waals surface area contributed by atoms with E-state index in [0.717, 1.165) is 11.0 Å². The molecule has 0 unspecified atom stereocenters. The highest BCUT2D eigenvalue weighted by molar-refractivity contribution is 14.1. The molecule has 48 heavy (non-hydrogen) atoms. The van der Waals surface area contributed by atoms with Crippen LogP contribution >= 0.6 is 22.6 Å². The summed E-state index contributed by atoms with van der Waals surface area (Å²) in [6.45, 7) is 9.99. The zero-order chi connectivity index (χ0) is 33.7. The number of fused-ring (bicyclic) bond motifs is 3. The Morgan fingerprint density at radius 2 is 0.833 bits per heavy atom. The molecule has 2 aromatic rings. The molecule has 0 saturated heterocycles. The highest BCUT2D eigenvalue weighted by Gasteiger charge is 2.28. The number of carbonyl (C=O) groups excluding carboxylic acids is 1. The topological polar surface area (TPSA) is 121 Å². The van der Waals surface area contributed by atoms with Gasteiger partial charge in [-0.05, 0) is 22.3 Å². The van der Waals surface area contributed by atoms with E-state index in [0.29, 0.717) is 125 Å². The Labute approximate surface area is 298 Å². The van der Waals surface area contributed by atoms with E-state index >= 15 is 0 Å². The number of halogens is 1. The highest BCUT2D eigenvalue weighted by atomic mass is 127. The van der Waals surface area contributed by atoms with Crippen LogP contribution in [0.4, 0.5) is 4.79 Å². The number of hydrogen-bond donors (Lipinski definition) is 1. The quantitative estimate of drug-likeness (QED) is 0.0676. The van der Waals surface area contributed by atoms with Crippen molar-refractivity contribution in [1.29, 1.82) is 0 Å². The van der Waals surface area contributed by atoms with E-state index < -0.39 is 6.09 Å². The van der Waals surface area contributed by atoms with Crippen molar-refractivity contribution in [3.8, 4) is 11.1 Å². The Bertz CT molecular complexity index is 1050. The maximum Gasteiger partial charge on any atom is 0.407 e. The van der Waals surface area contributed by atoms with Gasteiger partial charge in [-0.1, -0.05) is 71.1 Å². The highest BCUT2D eigenvalue weighted by Crippen LogP contribution is 2.44. The summed E-state index contributed by atoms with van der Waals surface area (Å²) in [5.41, 5.74) is 4.78. The van der Waals surface area contributed by atoms with Gasteiger partial charge in [0.1, 0.15) is 6.61 Å². The fraction of sp³-hybridized carbons (Fsp3) is 0.629. The molecule has 2 aromatic carbocycles. The molecule has 0 spiro atoms. The van der Waals surface area contributed by atoms with Crippen LogP contribution in [0.3, 0.4) is 0 Å². The summed E-state index contributed by atoms with van der Waals surface area (Å²) >= 11 is 2.28. The zero-order valence-electron chi connectivity index (χ0n) is 27.9. The first kappa shape index (κ1) is 40.5. The lowest BCUT2D eigenvalue weighted by atomic mass is 9.98. The van der Waals surface area contributed by atoms with Crippen molar-refractivity contribution in [3.63, 3.8) is 0 Å². The fourth-order valence-corrected chi connectivity index (χ4v) is 5.10. The van der Waals surface area contributed by atoms with E-state index in [1.54, 1.807) is 0 Å². The number of carbonyl (C=O) groups is 1. The second-order valence-electron chi connectivity index (χ2n) is 10.5. The molecule has 1 amide bonds. The Morgan fingerprint density at radius 1 is 0.500 bits per heavy atom. The molecule has 12 nitrogen and oxygen atoms in total. The Balaban J connectivity index is 0.986.